The number of hydrogen-bond donors (Lipinski definition) is 5. The van der Waals surface area contributed by atoms with Crippen LogP contribution in [-0.2, 0) is 42.9 Å². The Bertz CT molecular complexity index is 963. The second kappa shape index (κ2) is 41.6. The van der Waals surface area contributed by atoms with Gasteiger partial charge in [-0.05, 0) is 25.7 Å². The Morgan fingerprint density at radius 2 is 0.891 bits per heavy atom. The van der Waals surface area contributed by atoms with Crippen molar-refractivity contribution in [2.24, 2.45) is 0 Å². The number of carbonyl (C=O) groups is 5. The summed E-state index contributed by atoms with van der Waals surface area (Å²) in [5.41, 5.74) is 0. The molecule has 0 aliphatic carbocycles. The van der Waals surface area contributed by atoms with Crippen molar-refractivity contribution in [2.45, 2.75) is 148 Å². The highest BCUT2D eigenvalue weighted by Crippen LogP contribution is 2.14. The van der Waals surface area contributed by atoms with E-state index in [0.717, 1.165) is 12.8 Å². The van der Waals surface area contributed by atoms with Crippen LogP contribution >= 0.6 is 22.6 Å². The average molecular weight is 899 g/mol. The van der Waals surface area contributed by atoms with Crippen molar-refractivity contribution in [1.29, 1.82) is 0 Å². The lowest BCUT2D eigenvalue weighted by molar-refractivity contribution is -0.142. The van der Waals surface area contributed by atoms with Gasteiger partial charge in [0.1, 0.15) is 6.04 Å². The molecule has 0 aliphatic rings. The molecule has 15 heteroatoms. The minimum Gasteiger partial charge on any atom is -0.480 e. The summed E-state index contributed by atoms with van der Waals surface area (Å²) in [4.78, 5) is 59.0. The van der Waals surface area contributed by atoms with Crippen LogP contribution in [0.1, 0.15) is 142 Å². The number of carboxylic acids is 1. The van der Waals surface area contributed by atoms with Gasteiger partial charge in [-0.2, -0.15) is 0 Å². The molecule has 0 spiro atoms. The molecule has 0 aromatic carbocycles. The summed E-state index contributed by atoms with van der Waals surface area (Å²) in [5, 5.41) is 20.4. The number of nitrogens with one attached hydrogen (secondary N) is 4. The first kappa shape index (κ1) is 52.9. The first-order valence-electron chi connectivity index (χ1n) is 21.0. The topological polar surface area (TPSA) is 191 Å². The van der Waals surface area contributed by atoms with Crippen LogP contribution in [0.4, 0.5) is 0 Å². The molecule has 0 rings (SSSR count). The Hall–Kier alpha value is -2.08. The quantitative estimate of drug-likeness (QED) is 0.0292. The molecule has 0 saturated heterocycles. The monoisotopic (exact) mass is 898 g/mol. The molecule has 1 unspecified atom stereocenters. The number of ether oxygens (including phenoxy) is 4. The summed E-state index contributed by atoms with van der Waals surface area (Å²) in [6.45, 7) is 5.96. The second-order valence-electron chi connectivity index (χ2n) is 13.8. The van der Waals surface area contributed by atoms with Gasteiger partial charge >= 0.3 is 5.97 Å². The number of rotatable bonds is 42. The first-order chi connectivity index (χ1) is 26.8. The zero-order valence-electron chi connectivity index (χ0n) is 33.9. The van der Waals surface area contributed by atoms with E-state index in [4.69, 9.17) is 18.9 Å². The van der Waals surface area contributed by atoms with Gasteiger partial charge in [0.05, 0.1) is 57.3 Å². The van der Waals surface area contributed by atoms with Gasteiger partial charge in [-0.3, -0.25) is 19.2 Å². The first-order valence-corrected chi connectivity index (χ1v) is 22.5. The lowest BCUT2D eigenvalue weighted by Crippen LogP contribution is -2.41. The van der Waals surface area contributed by atoms with Crippen molar-refractivity contribution in [2.75, 3.05) is 76.9 Å². The van der Waals surface area contributed by atoms with Gasteiger partial charge < -0.3 is 45.3 Å². The molecule has 0 heterocycles. The van der Waals surface area contributed by atoms with Crippen molar-refractivity contribution in [1.82, 2.24) is 21.3 Å². The Morgan fingerprint density at radius 3 is 1.38 bits per heavy atom. The van der Waals surface area contributed by atoms with Crippen molar-refractivity contribution in [3.8, 4) is 0 Å². The summed E-state index contributed by atoms with van der Waals surface area (Å²) in [7, 11) is 0. The zero-order valence-corrected chi connectivity index (χ0v) is 36.1. The third-order valence-corrected chi connectivity index (χ3v) is 9.52. The second-order valence-corrected chi connectivity index (χ2v) is 14.5. The van der Waals surface area contributed by atoms with E-state index in [9.17, 15) is 29.1 Å². The minimum atomic E-state index is -1.09. The van der Waals surface area contributed by atoms with E-state index >= 15 is 0 Å². The van der Waals surface area contributed by atoms with E-state index in [-0.39, 0.29) is 63.4 Å². The number of unbranched alkanes of at least 4 members (excludes halogenated alkanes) is 15. The Labute approximate surface area is 344 Å². The highest BCUT2D eigenvalue weighted by Gasteiger charge is 2.19. The molecule has 0 fully saturated rings. The highest BCUT2D eigenvalue weighted by atomic mass is 127. The number of halogens is 1. The zero-order chi connectivity index (χ0) is 40.5. The molecule has 0 radical (unpaired) electrons. The third-order valence-electron chi connectivity index (χ3n) is 8.83. The fraction of sp³-hybridized carbons (Fsp3) is 0.875. The summed E-state index contributed by atoms with van der Waals surface area (Å²) < 4.78 is 21.9. The van der Waals surface area contributed by atoms with E-state index in [1.165, 1.54) is 83.5 Å². The van der Waals surface area contributed by atoms with Crippen LogP contribution in [0.15, 0.2) is 0 Å². The summed E-state index contributed by atoms with van der Waals surface area (Å²) in [5.74, 6) is -1.63. The SMILES string of the molecule is CCCCCCCCCCCCCCCCCC(=O)NCCCCC(NC(=O)CCOCCOCCNC(=O)CCOCCOCCNC(=O)CI)C(=O)O. The fourth-order valence-electron chi connectivity index (χ4n) is 5.60. The van der Waals surface area contributed by atoms with Crippen LogP contribution in [0.2, 0.25) is 0 Å². The number of carboxylic acid groups (broad SMARTS) is 1. The van der Waals surface area contributed by atoms with Gasteiger partial charge in [0, 0.05) is 38.9 Å². The van der Waals surface area contributed by atoms with Crippen molar-refractivity contribution in [3.63, 3.8) is 0 Å². The summed E-state index contributed by atoms with van der Waals surface area (Å²) in [6, 6.07) is -0.987. The predicted octanol–water partition coefficient (Wildman–Crippen LogP) is 5.62. The van der Waals surface area contributed by atoms with Crippen molar-refractivity contribution < 1.29 is 48.0 Å². The lowest BCUT2D eigenvalue weighted by Gasteiger charge is -2.15. The maximum Gasteiger partial charge on any atom is 0.326 e. The fourth-order valence-corrected chi connectivity index (χ4v) is 5.87. The smallest absolute Gasteiger partial charge is 0.326 e. The van der Waals surface area contributed by atoms with Gasteiger partial charge in [-0.15, -0.1) is 0 Å². The molecule has 0 aromatic heterocycles. The van der Waals surface area contributed by atoms with Gasteiger partial charge in [-0.25, -0.2) is 4.79 Å². The highest BCUT2D eigenvalue weighted by molar-refractivity contribution is 14.1. The van der Waals surface area contributed by atoms with Crippen LogP contribution in [-0.4, -0.2) is 118 Å². The third kappa shape index (κ3) is 39.9. The maximum absolute atomic E-state index is 12.2. The van der Waals surface area contributed by atoms with Crippen LogP contribution in [0.5, 0.6) is 0 Å². The predicted molar refractivity (Wildman–Crippen MR) is 223 cm³/mol. The molecule has 0 bridgehead atoms. The van der Waals surface area contributed by atoms with E-state index in [0.29, 0.717) is 69.8 Å². The molecule has 0 aromatic rings. The van der Waals surface area contributed by atoms with E-state index < -0.39 is 17.9 Å². The molecule has 55 heavy (non-hydrogen) atoms. The lowest BCUT2D eigenvalue weighted by atomic mass is 10.0. The maximum atomic E-state index is 12.2. The van der Waals surface area contributed by atoms with Gasteiger partial charge in [0.15, 0.2) is 0 Å². The van der Waals surface area contributed by atoms with Crippen molar-refractivity contribution in [3.05, 3.63) is 0 Å². The normalized spacial score (nSPS) is 11.6. The van der Waals surface area contributed by atoms with Gasteiger partial charge in [-0.1, -0.05) is 119 Å². The van der Waals surface area contributed by atoms with E-state index in [2.05, 4.69) is 28.2 Å². The number of carbonyl (C=O) groups excluding carboxylic acids is 4. The molecule has 4 amide bonds. The van der Waals surface area contributed by atoms with E-state index in [1.54, 1.807) is 0 Å². The molecule has 1 atom stereocenters. The standard InChI is InChI=1S/C40H75IN4O10/c1-2-3-4-5-6-7-8-9-10-11-12-13-14-15-16-20-36(46)42-23-18-17-19-35(40(50)51)45-38(48)22-27-53-31-33-54-28-24-43-37(47)21-26-52-30-32-55-29-25-44-39(49)34-41/h35H,2-34H2,1H3,(H,42,46)(H,43,47)(H,44,49)(H,45,48)(H,50,51). The summed E-state index contributed by atoms with van der Waals surface area (Å²) in [6.07, 6.45) is 21.6. The molecule has 14 nitrogen and oxygen atoms in total. The molecule has 322 valence electrons. The Morgan fingerprint density at radius 1 is 0.473 bits per heavy atom. The van der Waals surface area contributed by atoms with Gasteiger partial charge in [0.25, 0.3) is 0 Å². The molecule has 5 N–H and O–H groups in total. The molecular formula is C40H75IN4O10. The Kier molecular flexibility index (Phi) is 40.0. The number of hydrogen-bond acceptors (Lipinski definition) is 9. The number of aliphatic carboxylic acids is 1. The van der Waals surface area contributed by atoms with E-state index in [1.807, 2.05) is 22.6 Å². The number of alkyl halides is 1. The average Bonchev–Trinajstić information content (AvgIpc) is 3.17. The van der Waals surface area contributed by atoms with Gasteiger partial charge in [0.2, 0.25) is 23.6 Å². The van der Waals surface area contributed by atoms with Crippen LogP contribution in [0.25, 0.3) is 0 Å². The van der Waals surface area contributed by atoms with Crippen LogP contribution in [0, 0.1) is 0 Å². The minimum absolute atomic E-state index is 0.0281. The summed E-state index contributed by atoms with van der Waals surface area (Å²) >= 11 is 1.99. The Balaban J connectivity index is 3.61. The molecule has 0 aliphatic heterocycles. The van der Waals surface area contributed by atoms with Crippen LogP contribution < -0.4 is 21.3 Å². The molecule has 0 saturated carbocycles. The van der Waals surface area contributed by atoms with Crippen LogP contribution in [0.3, 0.4) is 0 Å². The van der Waals surface area contributed by atoms with Crippen molar-refractivity contribution >= 4 is 52.2 Å². The molecular weight excluding hydrogens is 823 g/mol. The largest absolute Gasteiger partial charge is 0.480 e. The number of amides is 4.